The van der Waals surface area contributed by atoms with Gasteiger partial charge in [-0.1, -0.05) is 0 Å². The smallest absolute Gasteiger partial charge is 0.00662 e. The lowest BCUT2D eigenvalue weighted by molar-refractivity contribution is 0.437. The highest BCUT2D eigenvalue weighted by molar-refractivity contribution is 7.99. The summed E-state index contributed by atoms with van der Waals surface area (Å²) in [5.41, 5.74) is 5.61. The Kier molecular flexibility index (Phi) is 7.12. The van der Waals surface area contributed by atoms with Gasteiger partial charge < -0.3 is 10.6 Å². The highest BCUT2D eigenvalue weighted by Gasteiger charge is 1.94. The molecule has 0 aliphatic rings. The van der Waals surface area contributed by atoms with Crippen molar-refractivity contribution in [2.75, 3.05) is 32.1 Å². The Morgan fingerprint density at radius 3 is 2.45 bits per heavy atom. The molecule has 2 nitrogen and oxygen atoms in total. The standard InChI is InChI=1S/C8H20N2S/c1-8(9)4-6-11-7-5-10(2)3/h8H,4-7,9H2,1-3H3. The van der Waals surface area contributed by atoms with Gasteiger partial charge in [0.25, 0.3) is 0 Å². The molecule has 0 amide bonds. The lowest BCUT2D eigenvalue weighted by atomic mass is 10.3. The van der Waals surface area contributed by atoms with Crippen molar-refractivity contribution in [3.63, 3.8) is 0 Å². The molecule has 2 N–H and O–H groups in total. The first kappa shape index (κ1) is 11.3. The second-order valence-corrected chi connectivity index (χ2v) is 4.41. The van der Waals surface area contributed by atoms with Crippen molar-refractivity contribution >= 4 is 11.8 Å². The maximum absolute atomic E-state index is 5.61. The van der Waals surface area contributed by atoms with Crippen molar-refractivity contribution in [2.45, 2.75) is 19.4 Å². The van der Waals surface area contributed by atoms with E-state index in [1.807, 2.05) is 11.8 Å². The Labute approximate surface area is 74.5 Å². The summed E-state index contributed by atoms with van der Waals surface area (Å²) in [4.78, 5) is 2.21. The zero-order chi connectivity index (χ0) is 8.69. The first-order valence-electron chi connectivity index (χ1n) is 4.11. The van der Waals surface area contributed by atoms with Gasteiger partial charge in [0.05, 0.1) is 0 Å². The van der Waals surface area contributed by atoms with Crippen LogP contribution in [0.2, 0.25) is 0 Å². The summed E-state index contributed by atoms with van der Waals surface area (Å²) in [6.45, 7) is 3.23. The Morgan fingerprint density at radius 2 is 2.00 bits per heavy atom. The molecular formula is C8H20N2S. The predicted octanol–water partition coefficient (Wildman–Crippen LogP) is 1.02. The van der Waals surface area contributed by atoms with Crippen LogP contribution in [0, 0.1) is 0 Å². The fraction of sp³-hybridized carbons (Fsp3) is 1.00. The van der Waals surface area contributed by atoms with E-state index in [0.29, 0.717) is 6.04 Å². The monoisotopic (exact) mass is 176 g/mol. The molecule has 0 bridgehead atoms. The van der Waals surface area contributed by atoms with Crippen molar-refractivity contribution in [3.8, 4) is 0 Å². The number of thioether (sulfide) groups is 1. The minimum absolute atomic E-state index is 0.363. The molecule has 68 valence electrons. The van der Waals surface area contributed by atoms with E-state index in [1.165, 1.54) is 18.1 Å². The van der Waals surface area contributed by atoms with E-state index in [2.05, 4.69) is 25.9 Å². The van der Waals surface area contributed by atoms with Gasteiger partial charge in [-0.2, -0.15) is 11.8 Å². The lowest BCUT2D eigenvalue weighted by Gasteiger charge is -2.09. The molecular weight excluding hydrogens is 156 g/mol. The molecule has 11 heavy (non-hydrogen) atoms. The molecule has 3 heteroatoms. The van der Waals surface area contributed by atoms with Gasteiger partial charge in [0.2, 0.25) is 0 Å². The number of nitrogens with zero attached hydrogens (tertiary/aromatic N) is 1. The zero-order valence-electron chi connectivity index (χ0n) is 7.84. The van der Waals surface area contributed by atoms with Gasteiger partial charge in [-0.3, -0.25) is 0 Å². The van der Waals surface area contributed by atoms with E-state index in [0.717, 1.165) is 6.42 Å². The highest BCUT2D eigenvalue weighted by atomic mass is 32.2. The molecule has 1 unspecified atom stereocenters. The van der Waals surface area contributed by atoms with E-state index in [1.54, 1.807) is 0 Å². The van der Waals surface area contributed by atoms with Crippen LogP contribution in [-0.2, 0) is 0 Å². The SMILES string of the molecule is CC(N)CCSCCN(C)C. The van der Waals surface area contributed by atoms with Crippen LogP contribution in [0.5, 0.6) is 0 Å². The van der Waals surface area contributed by atoms with Gasteiger partial charge >= 0.3 is 0 Å². The van der Waals surface area contributed by atoms with E-state index in [4.69, 9.17) is 5.73 Å². The van der Waals surface area contributed by atoms with Crippen LogP contribution in [-0.4, -0.2) is 43.1 Å². The van der Waals surface area contributed by atoms with Crippen LogP contribution in [0.25, 0.3) is 0 Å². The summed E-state index contributed by atoms with van der Waals surface area (Å²) >= 11 is 1.99. The van der Waals surface area contributed by atoms with Crippen LogP contribution in [0.3, 0.4) is 0 Å². The van der Waals surface area contributed by atoms with E-state index >= 15 is 0 Å². The molecule has 0 saturated heterocycles. The number of hydrogen-bond donors (Lipinski definition) is 1. The fourth-order valence-corrected chi connectivity index (χ4v) is 1.86. The normalized spacial score (nSPS) is 13.9. The molecule has 0 aliphatic carbocycles. The average Bonchev–Trinajstić information content (AvgIpc) is 1.85. The van der Waals surface area contributed by atoms with Gasteiger partial charge in [-0.15, -0.1) is 0 Å². The summed E-state index contributed by atoms with van der Waals surface area (Å²) in [6.07, 6.45) is 1.14. The quantitative estimate of drug-likeness (QED) is 0.613. The van der Waals surface area contributed by atoms with Crippen molar-refractivity contribution in [2.24, 2.45) is 5.73 Å². The molecule has 0 heterocycles. The van der Waals surface area contributed by atoms with Crippen LogP contribution >= 0.6 is 11.8 Å². The van der Waals surface area contributed by atoms with Gasteiger partial charge in [0, 0.05) is 18.3 Å². The molecule has 0 saturated carbocycles. The largest absolute Gasteiger partial charge is 0.328 e. The number of rotatable bonds is 6. The molecule has 0 rings (SSSR count). The highest BCUT2D eigenvalue weighted by Crippen LogP contribution is 2.03. The van der Waals surface area contributed by atoms with Gasteiger partial charge in [0.1, 0.15) is 0 Å². The van der Waals surface area contributed by atoms with Crippen LogP contribution in [0.4, 0.5) is 0 Å². The third kappa shape index (κ3) is 10.3. The lowest BCUT2D eigenvalue weighted by Crippen LogP contribution is -2.17. The summed E-state index contributed by atoms with van der Waals surface area (Å²) in [6, 6.07) is 0.363. The molecule has 1 atom stereocenters. The second-order valence-electron chi connectivity index (χ2n) is 3.18. The molecule has 0 aromatic heterocycles. The third-order valence-corrected chi connectivity index (χ3v) is 2.40. The summed E-state index contributed by atoms with van der Waals surface area (Å²) in [5, 5.41) is 0. The molecule has 0 aromatic carbocycles. The second kappa shape index (κ2) is 6.95. The predicted molar refractivity (Wildman–Crippen MR) is 54.1 cm³/mol. The van der Waals surface area contributed by atoms with Crippen molar-refractivity contribution in [3.05, 3.63) is 0 Å². The van der Waals surface area contributed by atoms with Gasteiger partial charge in [-0.05, 0) is 33.2 Å². The van der Waals surface area contributed by atoms with Crippen molar-refractivity contribution in [1.82, 2.24) is 4.90 Å². The van der Waals surface area contributed by atoms with E-state index < -0.39 is 0 Å². The molecule has 0 radical (unpaired) electrons. The number of hydrogen-bond acceptors (Lipinski definition) is 3. The summed E-state index contributed by atoms with van der Waals surface area (Å²) in [5.74, 6) is 2.42. The Balaban J connectivity index is 2.91. The molecule has 0 fully saturated rings. The van der Waals surface area contributed by atoms with E-state index in [9.17, 15) is 0 Å². The maximum atomic E-state index is 5.61. The summed E-state index contributed by atoms with van der Waals surface area (Å²) in [7, 11) is 4.21. The van der Waals surface area contributed by atoms with Crippen molar-refractivity contribution in [1.29, 1.82) is 0 Å². The topological polar surface area (TPSA) is 29.3 Å². The zero-order valence-corrected chi connectivity index (χ0v) is 8.66. The first-order chi connectivity index (χ1) is 5.13. The van der Waals surface area contributed by atoms with Crippen LogP contribution < -0.4 is 5.73 Å². The van der Waals surface area contributed by atoms with Crippen molar-refractivity contribution < 1.29 is 0 Å². The molecule has 0 aliphatic heterocycles. The fourth-order valence-electron chi connectivity index (χ4n) is 0.618. The summed E-state index contributed by atoms with van der Waals surface area (Å²) < 4.78 is 0. The first-order valence-corrected chi connectivity index (χ1v) is 5.26. The van der Waals surface area contributed by atoms with Crippen LogP contribution in [0.15, 0.2) is 0 Å². The molecule has 0 aromatic rings. The molecule has 0 spiro atoms. The Hall–Kier alpha value is 0.270. The Morgan fingerprint density at radius 1 is 1.36 bits per heavy atom. The van der Waals surface area contributed by atoms with E-state index in [-0.39, 0.29) is 0 Å². The van der Waals surface area contributed by atoms with Crippen LogP contribution in [0.1, 0.15) is 13.3 Å². The minimum Gasteiger partial charge on any atom is -0.328 e. The average molecular weight is 176 g/mol. The van der Waals surface area contributed by atoms with Gasteiger partial charge in [0.15, 0.2) is 0 Å². The minimum atomic E-state index is 0.363. The van der Waals surface area contributed by atoms with Gasteiger partial charge in [-0.25, -0.2) is 0 Å². The maximum Gasteiger partial charge on any atom is 0.00662 e. The Bertz CT molecular complexity index is 74.2. The third-order valence-electron chi connectivity index (χ3n) is 1.40. The number of nitrogens with two attached hydrogens (primary N) is 1.